The topological polar surface area (TPSA) is 101 Å². The fraction of sp³-hybridized carbons (Fsp3) is 0.100. The molecule has 4 rings (SSSR count). The molecule has 0 amide bonds. The zero-order valence-electron chi connectivity index (χ0n) is 14.6. The predicted octanol–water partition coefficient (Wildman–Crippen LogP) is 2.19. The second kappa shape index (κ2) is 6.83. The fourth-order valence-electron chi connectivity index (χ4n) is 2.94. The SMILES string of the molecule is CC(C#Cc1cccnc1)n1[nH]c(=O)c2[nH]c3cc(Cl)ccc3c(=O)c2c1=O. The summed E-state index contributed by atoms with van der Waals surface area (Å²) in [5.41, 5.74) is -0.779. The van der Waals surface area contributed by atoms with Gasteiger partial charge in [0.2, 0.25) is 5.43 Å². The first-order chi connectivity index (χ1) is 13.5. The molecule has 0 radical (unpaired) electrons. The summed E-state index contributed by atoms with van der Waals surface area (Å²) in [5.74, 6) is 5.78. The van der Waals surface area contributed by atoms with Crippen molar-refractivity contribution in [2.45, 2.75) is 13.0 Å². The van der Waals surface area contributed by atoms with Crippen molar-refractivity contribution in [2.24, 2.45) is 0 Å². The van der Waals surface area contributed by atoms with E-state index in [0.717, 1.165) is 4.68 Å². The maximum Gasteiger partial charge on any atom is 0.287 e. The molecule has 0 saturated heterocycles. The van der Waals surface area contributed by atoms with Crippen LogP contribution in [0, 0.1) is 11.8 Å². The van der Waals surface area contributed by atoms with Crippen LogP contribution in [0.4, 0.5) is 0 Å². The number of aromatic nitrogens is 4. The number of hydrogen-bond acceptors (Lipinski definition) is 4. The number of H-pyrrole nitrogens is 2. The molecule has 28 heavy (non-hydrogen) atoms. The number of halogens is 1. The standard InChI is InChI=1S/C20H13ClN4O3/c1-11(4-5-12-3-2-8-22-10-12)25-20(28)16-17(19(27)24-25)23-15-9-13(21)6-7-14(15)18(16)26/h2-3,6-11H,1H3,(H,23,26)(H,24,27). The highest BCUT2D eigenvalue weighted by Gasteiger charge is 2.16. The van der Waals surface area contributed by atoms with Crippen LogP contribution in [-0.2, 0) is 0 Å². The quantitative estimate of drug-likeness (QED) is 0.383. The van der Waals surface area contributed by atoms with Crippen molar-refractivity contribution in [1.82, 2.24) is 19.7 Å². The normalized spacial score (nSPS) is 11.9. The molecule has 3 aromatic heterocycles. The summed E-state index contributed by atoms with van der Waals surface area (Å²) in [6, 6.07) is 7.47. The van der Waals surface area contributed by atoms with E-state index in [4.69, 9.17) is 11.6 Å². The summed E-state index contributed by atoms with van der Waals surface area (Å²) in [5, 5.41) is 2.96. The van der Waals surface area contributed by atoms with Gasteiger partial charge < -0.3 is 4.98 Å². The Hall–Kier alpha value is -3.63. The first kappa shape index (κ1) is 17.8. The van der Waals surface area contributed by atoms with E-state index < -0.39 is 22.6 Å². The highest BCUT2D eigenvalue weighted by Crippen LogP contribution is 2.16. The number of benzene rings is 1. The maximum absolute atomic E-state index is 12.9. The number of nitrogens with zero attached hydrogens (tertiary/aromatic N) is 2. The van der Waals surface area contributed by atoms with Crippen LogP contribution in [0.5, 0.6) is 0 Å². The molecular weight excluding hydrogens is 380 g/mol. The lowest BCUT2D eigenvalue weighted by molar-refractivity contribution is 0.558. The van der Waals surface area contributed by atoms with Crippen LogP contribution < -0.4 is 16.5 Å². The van der Waals surface area contributed by atoms with Gasteiger partial charge in [0.1, 0.15) is 16.9 Å². The summed E-state index contributed by atoms with van der Waals surface area (Å²) < 4.78 is 1.06. The van der Waals surface area contributed by atoms with E-state index in [1.54, 1.807) is 37.5 Å². The van der Waals surface area contributed by atoms with Crippen molar-refractivity contribution in [3.8, 4) is 11.8 Å². The van der Waals surface area contributed by atoms with Gasteiger partial charge in [0.25, 0.3) is 11.1 Å². The van der Waals surface area contributed by atoms with Crippen molar-refractivity contribution < 1.29 is 0 Å². The zero-order valence-corrected chi connectivity index (χ0v) is 15.4. The average molecular weight is 393 g/mol. The molecule has 8 heteroatoms. The van der Waals surface area contributed by atoms with E-state index in [-0.39, 0.29) is 16.3 Å². The summed E-state index contributed by atoms with van der Waals surface area (Å²) in [6.07, 6.45) is 3.22. The Morgan fingerprint density at radius 2 is 2.04 bits per heavy atom. The Labute approximate surface area is 162 Å². The molecule has 0 spiro atoms. The number of pyridine rings is 2. The summed E-state index contributed by atoms with van der Waals surface area (Å²) in [7, 11) is 0. The van der Waals surface area contributed by atoms with Crippen LogP contribution in [0.2, 0.25) is 5.02 Å². The summed E-state index contributed by atoms with van der Waals surface area (Å²) in [4.78, 5) is 45.1. The number of fused-ring (bicyclic) bond motifs is 2. The average Bonchev–Trinajstić information content (AvgIpc) is 2.69. The first-order valence-corrected chi connectivity index (χ1v) is 8.75. The zero-order chi connectivity index (χ0) is 19.8. The molecule has 1 aromatic carbocycles. The largest absolute Gasteiger partial charge is 0.350 e. The van der Waals surface area contributed by atoms with Crippen LogP contribution in [0.3, 0.4) is 0 Å². The third kappa shape index (κ3) is 3.00. The molecule has 1 atom stereocenters. The number of rotatable bonds is 1. The molecular formula is C20H13ClN4O3. The molecule has 0 bridgehead atoms. The third-order valence-electron chi connectivity index (χ3n) is 4.32. The fourth-order valence-corrected chi connectivity index (χ4v) is 3.11. The van der Waals surface area contributed by atoms with E-state index >= 15 is 0 Å². The van der Waals surface area contributed by atoms with E-state index in [1.807, 2.05) is 0 Å². The molecule has 0 fully saturated rings. The highest BCUT2D eigenvalue weighted by molar-refractivity contribution is 6.31. The first-order valence-electron chi connectivity index (χ1n) is 8.37. The smallest absolute Gasteiger partial charge is 0.287 e. The lowest BCUT2D eigenvalue weighted by atomic mass is 10.1. The van der Waals surface area contributed by atoms with Gasteiger partial charge in [0.05, 0.1) is 5.52 Å². The van der Waals surface area contributed by atoms with Crippen molar-refractivity contribution in [3.05, 3.63) is 84.2 Å². The Morgan fingerprint density at radius 3 is 2.79 bits per heavy atom. The molecule has 0 aliphatic rings. The van der Waals surface area contributed by atoms with E-state index in [0.29, 0.717) is 16.1 Å². The molecule has 3 heterocycles. The predicted molar refractivity (Wildman–Crippen MR) is 108 cm³/mol. The number of aromatic amines is 2. The van der Waals surface area contributed by atoms with Crippen LogP contribution in [-0.4, -0.2) is 19.7 Å². The summed E-state index contributed by atoms with van der Waals surface area (Å²) >= 11 is 5.95. The van der Waals surface area contributed by atoms with E-state index in [2.05, 4.69) is 26.9 Å². The van der Waals surface area contributed by atoms with Crippen LogP contribution in [0.15, 0.2) is 57.1 Å². The molecule has 0 aliphatic heterocycles. The minimum Gasteiger partial charge on any atom is -0.350 e. The monoisotopic (exact) mass is 392 g/mol. The third-order valence-corrected chi connectivity index (χ3v) is 4.55. The Morgan fingerprint density at radius 1 is 1.21 bits per heavy atom. The Kier molecular flexibility index (Phi) is 4.34. The minimum atomic E-state index is -0.662. The second-order valence-electron chi connectivity index (χ2n) is 6.20. The summed E-state index contributed by atoms with van der Waals surface area (Å²) in [6.45, 7) is 1.65. The van der Waals surface area contributed by atoms with Crippen LogP contribution in [0.1, 0.15) is 18.5 Å². The second-order valence-corrected chi connectivity index (χ2v) is 6.63. The van der Waals surface area contributed by atoms with Gasteiger partial charge in [-0.25, -0.2) is 4.68 Å². The van der Waals surface area contributed by atoms with E-state index in [1.165, 1.54) is 12.1 Å². The number of nitrogens with one attached hydrogen (secondary N) is 2. The Balaban J connectivity index is 1.95. The van der Waals surface area contributed by atoms with Gasteiger partial charge in [-0.3, -0.25) is 24.5 Å². The molecule has 1 unspecified atom stereocenters. The van der Waals surface area contributed by atoms with Crippen molar-refractivity contribution >= 4 is 33.4 Å². The molecule has 7 nitrogen and oxygen atoms in total. The van der Waals surface area contributed by atoms with Crippen molar-refractivity contribution in [3.63, 3.8) is 0 Å². The highest BCUT2D eigenvalue weighted by atomic mass is 35.5. The molecule has 0 saturated carbocycles. The lowest BCUT2D eigenvalue weighted by Crippen LogP contribution is -2.35. The van der Waals surface area contributed by atoms with Gasteiger partial charge in [-0.05, 0) is 37.3 Å². The Bertz CT molecular complexity index is 1460. The van der Waals surface area contributed by atoms with E-state index in [9.17, 15) is 14.4 Å². The van der Waals surface area contributed by atoms with Crippen molar-refractivity contribution in [2.75, 3.05) is 0 Å². The van der Waals surface area contributed by atoms with Gasteiger partial charge in [0, 0.05) is 28.4 Å². The molecule has 4 aromatic rings. The van der Waals surface area contributed by atoms with Gasteiger partial charge in [-0.1, -0.05) is 23.4 Å². The van der Waals surface area contributed by atoms with Gasteiger partial charge >= 0.3 is 0 Å². The van der Waals surface area contributed by atoms with Gasteiger partial charge in [-0.2, -0.15) is 0 Å². The molecule has 138 valence electrons. The molecule has 2 N–H and O–H groups in total. The van der Waals surface area contributed by atoms with Crippen LogP contribution >= 0.6 is 11.6 Å². The van der Waals surface area contributed by atoms with Crippen LogP contribution in [0.25, 0.3) is 21.8 Å². The lowest BCUT2D eigenvalue weighted by Gasteiger charge is -2.10. The van der Waals surface area contributed by atoms with Gasteiger partial charge in [-0.15, -0.1) is 0 Å². The van der Waals surface area contributed by atoms with Crippen molar-refractivity contribution in [1.29, 1.82) is 0 Å². The molecule has 0 aliphatic carbocycles. The minimum absolute atomic E-state index is 0.0894. The van der Waals surface area contributed by atoms with Gasteiger partial charge in [0.15, 0.2) is 0 Å². The maximum atomic E-state index is 12.9. The number of hydrogen-bond donors (Lipinski definition) is 2.